The number of aromatic nitrogens is 1. The molecule has 0 radical (unpaired) electrons. The van der Waals surface area contributed by atoms with E-state index in [0.29, 0.717) is 44.2 Å². The molecule has 0 spiro atoms. The molecule has 0 atom stereocenters. The van der Waals surface area contributed by atoms with Crippen molar-refractivity contribution in [2.75, 3.05) is 37.7 Å². The SMILES string of the molecule is CCOc1ccc(-c2nc(C(=O)N3CCN(c4cccc(C(F)(F)F)c4)CC3)cs2)cc1. The number of rotatable bonds is 5. The van der Waals surface area contributed by atoms with E-state index in [1.165, 1.54) is 17.4 Å². The number of nitrogens with zero attached hydrogens (tertiary/aromatic N) is 3. The molecule has 9 heteroatoms. The first-order valence-electron chi connectivity index (χ1n) is 10.3. The quantitative estimate of drug-likeness (QED) is 0.525. The molecular weight excluding hydrogens is 439 g/mol. The summed E-state index contributed by atoms with van der Waals surface area (Å²) in [4.78, 5) is 21.0. The number of amides is 1. The minimum absolute atomic E-state index is 0.165. The van der Waals surface area contributed by atoms with Gasteiger partial charge in [0, 0.05) is 42.8 Å². The molecule has 168 valence electrons. The molecule has 3 aromatic rings. The Morgan fingerprint density at radius 3 is 2.47 bits per heavy atom. The van der Waals surface area contributed by atoms with E-state index in [1.54, 1.807) is 16.3 Å². The first-order valence-corrected chi connectivity index (χ1v) is 11.1. The summed E-state index contributed by atoms with van der Waals surface area (Å²) in [6.45, 7) is 4.28. The molecule has 0 saturated carbocycles. The van der Waals surface area contributed by atoms with Gasteiger partial charge in [-0.25, -0.2) is 4.98 Å². The van der Waals surface area contributed by atoms with E-state index in [9.17, 15) is 18.0 Å². The average molecular weight is 462 g/mol. The van der Waals surface area contributed by atoms with Gasteiger partial charge in [0.1, 0.15) is 16.5 Å². The first kappa shape index (κ1) is 22.1. The van der Waals surface area contributed by atoms with Crippen LogP contribution in [0.5, 0.6) is 5.75 Å². The number of halogens is 3. The Kier molecular flexibility index (Phi) is 6.36. The maximum atomic E-state index is 13.0. The van der Waals surface area contributed by atoms with Crippen molar-refractivity contribution in [3.63, 3.8) is 0 Å². The summed E-state index contributed by atoms with van der Waals surface area (Å²) in [7, 11) is 0. The van der Waals surface area contributed by atoms with E-state index in [0.717, 1.165) is 28.5 Å². The Hall–Kier alpha value is -3.07. The van der Waals surface area contributed by atoms with Crippen LogP contribution >= 0.6 is 11.3 Å². The smallest absolute Gasteiger partial charge is 0.416 e. The zero-order valence-corrected chi connectivity index (χ0v) is 18.2. The van der Waals surface area contributed by atoms with Crippen molar-refractivity contribution >= 4 is 22.9 Å². The van der Waals surface area contributed by atoms with Gasteiger partial charge in [0.05, 0.1) is 12.2 Å². The fraction of sp³-hybridized carbons (Fsp3) is 0.304. The molecule has 1 fully saturated rings. The minimum Gasteiger partial charge on any atom is -0.494 e. The number of thiazole rings is 1. The number of piperazine rings is 1. The number of carbonyl (C=O) groups is 1. The maximum absolute atomic E-state index is 13.0. The van der Waals surface area contributed by atoms with Crippen molar-refractivity contribution in [3.05, 3.63) is 65.2 Å². The summed E-state index contributed by atoms with van der Waals surface area (Å²) >= 11 is 1.40. The summed E-state index contributed by atoms with van der Waals surface area (Å²) in [5.41, 5.74) is 1.13. The summed E-state index contributed by atoms with van der Waals surface area (Å²) in [6.07, 6.45) is -4.38. The Morgan fingerprint density at radius 1 is 1.09 bits per heavy atom. The van der Waals surface area contributed by atoms with E-state index >= 15 is 0 Å². The third-order valence-electron chi connectivity index (χ3n) is 5.24. The second kappa shape index (κ2) is 9.20. The molecule has 4 rings (SSSR count). The Balaban J connectivity index is 1.39. The van der Waals surface area contributed by atoms with Crippen LogP contribution in [0.4, 0.5) is 18.9 Å². The summed E-state index contributed by atoms with van der Waals surface area (Å²) < 4.78 is 44.4. The molecule has 2 aromatic carbocycles. The van der Waals surface area contributed by atoms with Gasteiger partial charge < -0.3 is 14.5 Å². The Bertz CT molecular complexity index is 1070. The van der Waals surface area contributed by atoms with E-state index in [4.69, 9.17) is 4.74 Å². The summed E-state index contributed by atoms with van der Waals surface area (Å²) in [6, 6.07) is 12.8. The normalized spacial score (nSPS) is 14.5. The zero-order valence-electron chi connectivity index (χ0n) is 17.4. The molecule has 0 N–H and O–H groups in total. The fourth-order valence-electron chi connectivity index (χ4n) is 3.57. The lowest BCUT2D eigenvalue weighted by atomic mass is 10.1. The maximum Gasteiger partial charge on any atom is 0.416 e. The van der Waals surface area contributed by atoms with Gasteiger partial charge in [0.2, 0.25) is 0 Å². The van der Waals surface area contributed by atoms with Crippen LogP contribution in [0.2, 0.25) is 0 Å². The Labute approximate surface area is 188 Å². The monoisotopic (exact) mass is 461 g/mol. The molecule has 1 aliphatic heterocycles. The highest BCUT2D eigenvalue weighted by molar-refractivity contribution is 7.13. The molecule has 32 heavy (non-hydrogen) atoms. The van der Waals surface area contributed by atoms with Crippen LogP contribution in [0.1, 0.15) is 23.0 Å². The van der Waals surface area contributed by atoms with Crippen molar-refractivity contribution in [1.29, 1.82) is 0 Å². The topological polar surface area (TPSA) is 45.7 Å². The van der Waals surface area contributed by atoms with Gasteiger partial charge in [-0.15, -0.1) is 11.3 Å². The lowest BCUT2D eigenvalue weighted by Crippen LogP contribution is -2.48. The van der Waals surface area contributed by atoms with E-state index in [2.05, 4.69) is 4.98 Å². The highest BCUT2D eigenvalue weighted by atomic mass is 32.1. The van der Waals surface area contributed by atoms with Gasteiger partial charge in [-0.2, -0.15) is 13.2 Å². The van der Waals surface area contributed by atoms with Crippen molar-refractivity contribution < 1.29 is 22.7 Å². The number of alkyl halides is 3. The number of hydrogen-bond acceptors (Lipinski definition) is 5. The lowest BCUT2D eigenvalue weighted by molar-refractivity contribution is -0.137. The van der Waals surface area contributed by atoms with Crippen molar-refractivity contribution in [2.24, 2.45) is 0 Å². The van der Waals surface area contributed by atoms with Crippen LogP contribution in [0.3, 0.4) is 0 Å². The van der Waals surface area contributed by atoms with Crippen LogP contribution in [0.25, 0.3) is 10.6 Å². The van der Waals surface area contributed by atoms with Gasteiger partial charge in [-0.05, 0) is 49.4 Å². The van der Waals surface area contributed by atoms with Crippen LogP contribution < -0.4 is 9.64 Å². The molecule has 0 bridgehead atoms. The van der Waals surface area contributed by atoms with Crippen molar-refractivity contribution in [1.82, 2.24) is 9.88 Å². The average Bonchev–Trinajstić information content (AvgIpc) is 3.29. The van der Waals surface area contributed by atoms with Crippen LogP contribution in [-0.2, 0) is 6.18 Å². The molecule has 1 aromatic heterocycles. The predicted molar refractivity (Wildman–Crippen MR) is 118 cm³/mol. The minimum atomic E-state index is -4.38. The first-order chi connectivity index (χ1) is 15.3. The molecule has 1 amide bonds. The standard InChI is InChI=1S/C23H22F3N3O2S/c1-2-31-19-8-6-16(7-9-19)21-27-20(15-32-21)22(30)29-12-10-28(11-13-29)18-5-3-4-17(14-18)23(24,25)26/h3-9,14-15H,2,10-13H2,1H3. The third-order valence-corrected chi connectivity index (χ3v) is 6.13. The van der Waals surface area contributed by atoms with E-state index < -0.39 is 11.7 Å². The second-order valence-electron chi connectivity index (χ2n) is 7.32. The molecule has 0 unspecified atom stereocenters. The summed E-state index contributed by atoms with van der Waals surface area (Å²) in [5.74, 6) is 0.616. The van der Waals surface area contributed by atoms with E-state index in [1.807, 2.05) is 36.1 Å². The second-order valence-corrected chi connectivity index (χ2v) is 8.18. The molecule has 5 nitrogen and oxygen atoms in total. The van der Waals surface area contributed by atoms with Gasteiger partial charge in [0.15, 0.2) is 0 Å². The highest BCUT2D eigenvalue weighted by Crippen LogP contribution is 2.32. The molecule has 0 aliphatic carbocycles. The Morgan fingerprint density at radius 2 is 1.81 bits per heavy atom. The number of hydrogen-bond donors (Lipinski definition) is 0. The third kappa shape index (κ3) is 4.88. The van der Waals surface area contributed by atoms with Gasteiger partial charge in [-0.3, -0.25) is 4.79 Å². The summed E-state index contributed by atoms with van der Waals surface area (Å²) in [5, 5.41) is 2.49. The van der Waals surface area contributed by atoms with Gasteiger partial charge in [0.25, 0.3) is 5.91 Å². The van der Waals surface area contributed by atoms with Gasteiger partial charge >= 0.3 is 6.18 Å². The number of ether oxygens (including phenoxy) is 1. The molecular formula is C23H22F3N3O2S. The van der Waals surface area contributed by atoms with Crippen molar-refractivity contribution in [2.45, 2.75) is 13.1 Å². The lowest BCUT2D eigenvalue weighted by Gasteiger charge is -2.36. The highest BCUT2D eigenvalue weighted by Gasteiger charge is 2.31. The van der Waals surface area contributed by atoms with Crippen molar-refractivity contribution in [3.8, 4) is 16.3 Å². The fourth-order valence-corrected chi connectivity index (χ4v) is 4.37. The number of anilines is 1. The predicted octanol–water partition coefficient (Wildman–Crippen LogP) is 5.19. The zero-order chi connectivity index (χ0) is 22.7. The number of benzene rings is 2. The van der Waals surface area contributed by atoms with Crippen LogP contribution in [0.15, 0.2) is 53.9 Å². The largest absolute Gasteiger partial charge is 0.494 e. The molecule has 2 heterocycles. The van der Waals surface area contributed by atoms with Crippen LogP contribution in [-0.4, -0.2) is 48.6 Å². The van der Waals surface area contributed by atoms with Crippen LogP contribution in [0, 0.1) is 0 Å². The van der Waals surface area contributed by atoms with E-state index in [-0.39, 0.29) is 5.91 Å². The van der Waals surface area contributed by atoms with Gasteiger partial charge in [-0.1, -0.05) is 6.07 Å². The molecule has 1 saturated heterocycles. The molecule has 1 aliphatic rings. The number of carbonyl (C=O) groups excluding carboxylic acids is 1.